The summed E-state index contributed by atoms with van der Waals surface area (Å²) in [5, 5.41) is 8.85. The van der Waals surface area contributed by atoms with Crippen LogP contribution in [0.25, 0.3) is 0 Å². The van der Waals surface area contributed by atoms with E-state index in [1.54, 1.807) is 0 Å². The minimum Gasteiger partial charge on any atom is -0.394 e. The van der Waals surface area contributed by atoms with Gasteiger partial charge in [0, 0.05) is 12.6 Å². The van der Waals surface area contributed by atoms with Gasteiger partial charge in [-0.3, -0.25) is 14.3 Å². The normalized spacial score (nSPS) is 28.5. The van der Waals surface area contributed by atoms with E-state index in [0.717, 1.165) is 4.57 Å². The second-order valence-electron chi connectivity index (χ2n) is 3.71. The highest BCUT2D eigenvalue weighted by Crippen LogP contribution is 2.29. The molecule has 1 aromatic rings. The van der Waals surface area contributed by atoms with Crippen molar-refractivity contribution in [2.75, 3.05) is 6.61 Å². The Bertz CT molecular complexity index is 528. The maximum absolute atomic E-state index is 13.4. The average molecular weight is 309 g/mol. The minimum atomic E-state index is -1.33. The van der Waals surface area contributed by atoms with Gasteiger partial charge < -0.3 is 9.84 Å². The zero-order chi connectivity index (χ0) is 12.6. The molecule has 94 valence electrons. The molecule has 0 aromatic carbocycles. The third-order valence-electron chi connectivity index (χ3n) is 2.58. The van der Waals surface area contributed by atoms with E-state index >= 15 is 0 Å². The molecule has 6 nitrogen and oxygen atoms in total. The lowest BCUT2D eigenvalue weighted by molar-refractivity contribution is -0.0356. The molecule has 8 heteroatoms. The Kier molecular flexibility index (Phi) is 3.45. The first-order valence-electron chi connectivity index (χ1n) is 4.94. The van der Waals surface area contributed by atoms with Crippen molar-refractivity contribution in [2.24, 2.45) is 0 Å². The third-order valence-corrected chi connectivity index (χ3v) is 3.14. The van der Waals surface area contributed by atoms with Gasteiger partial charge in [-0.15, -0.1) is 0 Å². The number of aromatic nitrogens is 2. The third kappa shape index (κ3) is 2.33. The van der Waals surface area contributed by atoms with E-state index in [-0.39, 0.29) is 10.9 Å². The smallest absolute Gasteiger partial charge is 0.330 e. The molecule has 2 rings (SSSR count). The van der Waals surface area contributed by atoms with E-state index in [0.29, 0.717) is 0 Å². The summed E-state index contributed by atoms with van der Waals surface area (Å²) < 4.78 is 19.8. The predicted molar refractivity (Wildman–Crippen MR) is 59.5 cm³/mol. The van der Waals surface area contributed by atoms with Crippen LogP contribution in [0.15, 0.2) is 20.3 Å². The molecule has 0 radical (unpaired) electrons. The molecule has 2 heterocycles. The standard InChI is InChI=1S/C9H10BrFN2O4/c10-4-2-13(9(16)12-8(4)15)7-1-5(11)6(3-14)17-7/h2,5-7,14H,1,3H2,(H,12,15,16)/t5?,6-,7-/m0/s1. The zero-order valence-corrected chi connectivity index (χ0v) is 10.2. The Morgan fingerprint density at radius 3 is 2.94 bits per heavy atom. The SMILES string of the molecule is O=c1[nH]c(=O)n([C@@H]2CC(F)[C@H](CO)O2)cc1Br. The average Bonchev–Trinajstić information content (AvgIpc) is 2.65. The quantitative estimate of drug-likeness (QED) is 0.800. The maximum atomic E-state index is 13.4. The first-order chi connectivity index (χ1) is 8.02. The van der Waals surface area contributed by atoms with Gasteiger partial charge in [0.1, 0.15) is 18.5 Å². The number of H-pyrrole nitrogens is 1. The van der Waals surface area contributed by atoms with Crippen LogP contribution in [0.1, 0.15) is 12.6 Å². The molecular weight excluding hydrogens is 299 g/mol. The van der Waals surface area contributed by atoms with Crippen LogP contribution in [0.2, 0.25) is 0 Å². The summed E-state index contributed by atoms with van der Waals surface area (Å²) in [6, 6.07) is 0. The molecule has 1 fully saturated rings. The van der Waals surface area contributed by atoms with Crippen LogP contribution in [0, 0.1) is 0 Å². The zero-order valence-electron chi connectivity index (χ0n) is 8.60. The monoisotopic (exact) mass is 308 g/mol. The largest absolute Gasteiger partial charge is 0.394 e. The molecule has 1 aliphatic rings. The van der Waals surface area contributed by atoms with E-state index in [4.69, 9.17) is 9.84 Å². The molecule has 2 N–H and O–H groups in total. The summed E-state index contributed by atoms with van der Waals surface area (Å²) in [6.07, 6.45) is -1.87. The first-order valence-corrected chi connectivity index (χ1v) is 5.73. The molecule has 1 saturated heterocycles. The summed E-state index contributed by atoms with van der Waals surface area (Å²) in [7, 11) is 0. The number of ether oxygens (including phenoxy) is 1. The van der Waals surface area contributed by atoms with E-state index in [9.17, 15) is 14.0 Å². The fourth-order valence-electron chi connectivity index (χ4n) is 1.70. The fourth-order valence-corrected chi connectivity index (χ4v) is 2.02. The van der Waals surface area contributed by atoms with Crippen LogP contribution in [-0.2, 0) is 4.74 Å². The summed E-state index contributed by atoms with van der Waals surface area (Å²) in [5.41, 5.74) is -1.23. The van der Waals surface area contributed by atoms with Crippen molar-refractivity contribution in [3.63, 3.8) is 0 Å². The van der Waals surface area contributed by atoms with Gasteiger partial charge >= 0.3 is 5.69 Å². The van der Waals surface area contributed by atoms with Crippen molar-refractivity contribution in [3.8, 4) is 0 Å². The molecule has 1 unspecified atom stereocenters. The van der Waals surface area contributed by atoms with Gasteiger partial charge in [-0.25, -0.2) is 9.18 Å². The molecule has 0 aliphatic carbocycles. The minimum absolute atomic E-state index is 0.0381. The molecule has 17 heavy (non-hydrogen) atoms. The van der Waals surface area contributed by atoms with Gasteiger partial charge in [0.15, 0.2) is 0 Å². The number of rotatable bonds is 2. The Morgan fingerprint density at radius 2 is 2.35 bits per heavy atom. The number of nitrogens with zero attached hydrogens (tertiary/aromatic N) is 1. The molecule has 3 atom stereocenters. The van der Waals surface area contributed by atoms with E-state index < -0.39 is 36.4 Å². The van der Waals surface area contributed by atoms with Crippen molar-refractivity contribution >= 4 is 15.9 Å². The van der Waals surface area contributed by atoms with Gasteiger partial charge in [-0.2, -0.15) is 0 Å². The number of nitrogens with one attached hydrogen (secondary N) is 1. The van der Waals surface area contributed by atoms with Crippen molar-refractivity contribution in [1.82, 2.24) is 9.55 Å². The Labute approximate surface area is 103 Å². The summed E-state index contributed by atoms with van der Waals surface area (Å²) in [5.74, 6) is 0. The second kappa shape index (κ2) is 4.71. The molecule has 0 spiro atoms. The predicted octanol–water partition coefficient (Wildman–Crippen LogP) is -0.0830. The van der Waals surface area contributed by atoms with Gasteiger partial charge in [0.2, 0.25) is 0 Å². The highest BCUT2D eigenvalue weighted by Gasteiger charge is 2.36. The maximum Gasteiger partial charge on any atom is 0.330 e. The van der Waals surface area contributed by atoms with Gasteiger partial charge in [-0.1, -0.05) is 0 Å². The molecule has 1 aromatic heterocycles. The lowest BCUT2D eigenvalue weighted by Crippen LogP contribution is -2.32. The summed E-state index contributed by atoms with van der Waals surface area (Å²) in [6.45, 7) is -0.447. The molecule has 0 saturated carbocycles. The summed E-state index contributed by atoms with van der Waals surface area (Å²) >= 11 is 2.97. The Balaban J connectivity index is 2.34. The number of hydrogen-bond acceptors (Lipinski definition) is 4. The van der Waals surface area contributed by atoms with Crippen molar-refractivity contribution in [2.45, 2.75) is 24.9 Å². The van der Waals surface area contributed by atoms with Crippen LogP contribution in [0.3, 0.4) is 0 Å². The van der Waals surface area contributed by atoms with Gasteiger partial charge in [-0.05, 0) is 15.9 Å². The van der Waals surface area contributed by atoms with Crippen LogP contribution in [0.5, 0.6) is 0 Å². The first kappa shape index (κ1) is 12.5. The number of halogens is 2. The number of hydrogen-bond donors (Lipinski definition) is 2. The van der Waals surface area contributed by atoms with Gasteiger partial charge in [0.25, 0.3) is 5.56 Å². The Morgan fingerprint density at radius 1 is 1.65 bits per heavy atom. The number of alkyl halides is 1. The van der Waals surface area contributed by atoms with Crippen LogP contribution in [0.4, 0.5) is 4.39 Å². The number of aliphatic hydroxyl groups is 1. The highest BCUT2D eigenvalue weighted by molar-refractivity contribution is 9.10. The molecule has 0 amide bonds. The number of aromatic amines is 1. The topological polar surface area (TPSA) is 84.3 Å². The van der Waals surface area contributed by atoms with Crippen LogP contribution < -0.4 is 11.2 Å². The van der Waals surface area contributed by atoms with Crippen molar-refractivity contribution in [3.05, 3.63) is 31.5 Å². The van der Waals surface area contributed by atoms with Crippen LogP contribution >= 0.6 is 15.9 Å². The van der Waals surface area contributed by atoms with Crippen molar-refractivity contribution < 1.29 is 14.2 Å². The Hall–Kier alpha value is -0.990. The van der Waals surface area contributed by atoms with E-state index in [1.165, 1.54) is 6.20 Å². The van der Waals surface area contributed by atoms with Crippen LogP contribution in [-0.4, -0.2) is 33.5 Å². The lowest BCUT2D eigenvalue weighted by atomic mass is 10.2. The lowest BCUT2D eigenvalue weighted by Gasteiger charge is -2.14. The van der Waals surface area contributed by atoms with Crippen molar-refractivity contribution in [1.29, 1.82) is 0 Å². The van der Waals surface area contributed by atoms with E-state index in [2.05, 4.69) is 20.9 Å². The molecule has 0 bridgehead atoms. The fraction of sp³-hybridized carbons (Fsp3) is 0.556. The highest BCUT2D eigenvalue weighted by atomic mass is 79.9. The van der Waals surface area contributed by atoms with Gasteiger partial charge in [0.05, 0.1) is 11.1 Å². The molecule has 1 aliphatic heterocycles. The second-order valence-corrected chi connectivity index (χ2v) is 4.56. The molecular formula is C9H10BrFN2O4. The number of aliphatic hydroxyl groups excluding tert-OH is 1. The summed E-state index contributed by atoms with van der Waals surface area (Å²) in [4.78, 5) is 24.7. The van der Waals surface area contributed by atoms with E-state index in [1.807, 2.05) is 0 Å².